The normalized spacial score (nSPS) is 10.2. The molecule has 0 saturated heterocycles. The zero-order valence-electron chi connectivity index (χ0n) is 12.0. The Morgan fingerprint density at radius 3 is 2.50 bits per heavy atom. The molecule has 0 aliphatic rings. The van der Waals surface area contributed by atoms with Crippen molar-refractivity contribution in [2.75, 3.05) is 0 Å². The Balaban J connectivity index is 0.00000208. The summed E-state index contributed by atoms with van der Waals surface area (Å²) < 4.78 is 0. The smallest absolute Gasteiger partial charge is 0.315 e. The molecule has 0 unspecified atom stereocenters. The molecule has 0 spiro atoms. The number of halogens is 1. The molecule has 3 rings (SSSR count). The molecule has 0 amide bonds. The fourth-order valence-corrected chi connectivity index (χ4v) is 2.24. The van der Waals surface area contributed by atoms with Crippen LogP contribution in [-0.4, -0.2) is 25.9 Å². The lowest BCUT2D eigenvalue weighted by atomic mass is 10.0. The molecule has 1 heterocycles. The molecule has 122 valence electrons. The second-order valence-electron chi connectivity index (χ2n) is 4.87. The van der Waals surface area contributed by atoms with Gasteiger partial charge >= 0.3 is 5.69 Å². The van der Waals surface area contributed by atoms with Crippen molar-refractivity contribution in [3.05, 3.63) is 69.9 Å². The third-order valence-corrected chi connectivity index (χ3v) is 3.38. The quantitative estimate of drug-likeness (QED) is 0.306. The largest absolute Gasteiger partial charge is 0.504 e. The highest BCUT2D eigenvalue weighted by molar-refractivity contribution is 8.93. The molecule has 0 radical (unpaired) electrons. The number of pyridine rings is 1. The zero-order valence-corrected chi connectivity index (χ0v) is 13.8. The van der Waals surface area contributed by atoms with E-state index in [9.17, 15) is 25.1 Å². The van der Waals surface area contributed by atoms with Gasteiger partial charge in [-0.2, -0.15) is 0 Å². The van der Waals surface area contributed by atoms with E-state index in [1.54, 1.807) is 24.3 Å². The van der Waals surface area contributed by atoms with Crippen molar-refractivity contribution >= 4 is 39.4 Å². The van der Waals surface area contributed by atoms with Gasteiger partial charge in [0.15, 0.2) is 11.5 Å². The van der Waals surface area contributed by atoms with E-state index in [4.69, 9.17) is 0 Å². The van der Waals surface area contributed by atoms with Gasteiger partial charge in [0.1, 0.15) is 0 Å². The summed E-state index contributed by atoms with van der Waals surface area (Å²) in [7, 11) is 0. The molecular formula is C16H11BrN2O5. The van der Waals surface area contributed by atoms with Gasteiger partial charge in [0.25, 0.3) is 0 Å². The molecule has 7 nitrogen and oxygen atoms in total. The SMILES string of the molecule is Br.O=C(c1cc(O)c(O)c([N+](=O)[O-])c1)c1cnc2ccccc2c1. The lowest BCUT2D eigenvalue weighted by Crippen LogP contribution is -2.03. The number of aromatic nitrogens is 1. The molecule has 0 aliphatic carbocycles. The first-order chi connectivity index (χ1) is 11.0. The summed E-state index contributed by atoms with van der Waals surface area (Å²) in [6, 6.07) is 10.7. The predicted octanol–water partition coefficient (Wildman–Crippen LogP) is 3.36. The Bertz CT molecular complexity index is 958. The number of carbonyl (C=O) groups is 1. The maximum atomic E-state index is 12.5. The molecule has 0 aliphatic heterocycles. The van der Waals surface area contributed by atoms with Gasteiger partial charge in [0.2, 0.25) is 5.75 Å². The van der Waals surface area contributed by atoms with Crippen LogP contribution in [0.15, 0.2) is 48.7 Å². The van der Waals surface area contributed by atoms with Crippen molar-refractivity contribution in [2.45, 2.75) is 0 Å². The van der Waals surface area contributed by atoms with Crippen LogP contribution in [0.1, 0.15) is 15.9 Å². The summed E-state index contributed by atoms with van der Waals surface area (Å²) in [6.07, 6.45) is 1.36. The third-order valence-electron chi connectivity index (χ3n) is 3.38. The summed E-state index contributed by atoms with van der Waals surface area (Å²) in [5.41, 5.74) is 0.0952. The number of ketones is 1. The minimum Gasteiger partial charge on any atom is -0.504 e. The Kier molecular flexibility index (Phi) is 4.79. The highest BCUT2D eigenvalue weighted by Gasteiger charge is 2.22. The predicted molar refractivity (Wildman–Crippen MR) is 91.9 cm³/mol. The number of hydrogen-bond acceptors (Lipinski definition) is 6. The van der Waals surface area contributed by atoms with Crippen LogP contribution in [0.3, 0.4) is 0 Å². The van der Waals surface area contributed by atoms with Gasteiger partial charge in [-0.1, -0.05) is 18.2 Å². The van der Waals surface area contributed by atoms with Crippen molar-refractivity contribution < 1.29 is 19.9 Å². The van der Waals surface area contributed by atoms with Crippen molar-refractivity contribution in [3.8, 4) is 11.5 Å². The van der Waals surface area contributed by atoms with Gasteiger partial charge in [-0.3, -0.25) is 19.9 Å². The average molecular weight is 391 g/mol. The van der Waals surface area contributed by atoms with Crippen LogP contribution in [0.25, 0.3) is 10.9 Å². The first-order valence-corrected chi connectivity index (χ1v) is 6.57. The molecule has 0 fully saturated rings. The van der Waals surface area contributed by atoms with Crippen molar-refractivity contribution in [3.63, 3.8) is 0 Å². The summed E-state index contributed by atoms with van der Waals surface area (Å²) in [5.74, 6) is -2.14. The molecule has 0 atom stereocenters. The molecule has 3 aromatic rings. The Morgan fingerprint density at radius 2 is 1.79 bits per heavy atom. The maximum absolute atomic E-state index is 12.5. The fourth-order valence-electron chi connectivity index (χ4n) is 2.24. The summed E-state index contributed by atoms with van der Waals surface area (Å²) in [6.45, 7) is 0. The minimum absolute atomic E-state index is 0. The number of hydrogen-bond donors (Lipinski definition) is 2. The van der Waals surface area contributed by atoms with Crippen LogP contribution >= 0.6 is 17.0 Å². The van der Waals surface area contributed by atoms with E-state index >= 15 is 0 Å². The second-order valence-corrected chi connectivity index (χ2v) is 4.87. The molecule has 0 bridgehead atoms. The monoisotopic (exact) mass is 390 g/mol. The standard InChI is InChI=1S/C16H10N2O5.BrH/c19-14-7-10(6-13(16(14)21)18(22)23)15(20)11-5-9-3-1-2-4-12(9)17-8-11;/h1-8,19,21H;1H. The molecule has 8 heteroatoms. The van der Waals surface area contributed by atoms with Crippen molar-refractivity contribution in [1.82, 2.24) is 4.98 Å². The van der Waals surface area contributed by atoms with Crippen LogP contribution in [0, 0.1) is 10.1 Å². The molecule has 1 aromatic heterocycles. The van der Waals surface area contributed by atoms with Gasteiger partial charge < -0.3 is 10.2 Å². The number of aromatic hydroxyl groups is 2. The maximum Gasteiger partial charge on any atom is 0.315 e. The minimum atomic E-state index is -0.872. The van der Waals surface area contributed by atoms with Crippen LogP contribution in [-0.2, 0) is 0 Å². The van der Waals surface area contributed by atoms with Gasteiger partial charge in [0.05, 0.1) is 10.4 Å². The molecule has 2 N–H and O–H groups in total. The van der Waals surface area contributed by atoms with E-state index in [1.807, 2.05) is 6.07 Å². The van der Waals surface area contributed by atoms with Crippen molar-refractivity contribution in [2.24, 2.45) is 0 Å². The topological polar surface area (TPSA) is 114 Å². The summed E-state index contributed by atoms with van der Waals surface area (Å²) in [5, 5.41) is 30.7. The first kappa shape index (κ1) is 17.4. The number of fused-ring (bicyclic) bond motifs is 1. The van der Waals surface area contributed by atoms with Crippen LogP contribution in [0.5, 0.6) is 11.5 Å². The summed E-state index contributed by atoms with van der Waals surface area (Å²) in [4.78, 5) is 26.6. The number of carbonyl (C=O) groups excluding carboxylic acids is 1. The van der Waals surface area contributed by atoms with Crippen molar-refractivity contribution in [1.29, 1.82) is 0 Å². The van der Waals surface area contributed by atoms with E-state index < -0.39 is 27.9 Å². The van der Waals surface area contributed by atoms with E-state index in [0.29, 0.717) is 5.52 Å². The number of phenols is 2. The van der Waals surface area contributed by atoms with Crippen LogP contribution in [0.4, 0.5) is 5.69 Å². The fraction of sp³-hybridized carbons (Fsp3) is 0. The molecular weight excluding hydrogens is 380 g/mol. The van der Waals surface area contributed by atoms with Gasteiger partial charge in [-0.15, -0.1) is 17.0 Å². The van der Waals surface area contributed by atoms with E-state index in [-0.39, 0.29) is 28.1 Å². The third kappa shape index (κ3) is 3.04. The Hall–Kier alpha value is -3.00. The van der Waals surface area contributed by atoms with Gasteiger partial charge in [0, 0.05) is 28.8 Å². The van der Waals surface area contributed by atoms with Gasteiger partial charge in [-0.05, 0) is 18.2 Å². The van der Waals surface area contributed by atoms with E-state index in [2.05, 4.69) is 4.98 Å². The molecule has 0 saturated carbocycles. The first-order valence-electron chi connectivity index (χ1n) is 6.57. The highest BCUT2D eigenvalue weighted by atomic mass is 79.9. The number of nitro groups is 1. The Morgan fingerprint density at radius 1 is 1.08 bits per heavy atom. The molecule has 24 heavy (non-hydrogen) atoms. The zero-order chi connectivity index (χ0) is 16.6. The number of para-hydroxylation sites is 1. The number of rotatable bonds is 3. The number of benzene rings is 2. The van der Waals surface area contributed by atoms with Gasteiger partial charge in [-0.25, -0.2) is 0 Å². The van der Waals surface area contributed by atoms with E-state index in [0.717, 1.165) is 17.5 Å². The number of phenolic OH excluding ortho intramolecular Hbond substituents is 2. The lowest BCUT2D eigenvalue weighted by molar-refractivity contribution is -0.386. The summed E-state index contributed by atoms with van der Waals surface area (Å²) >= 11 is 0. The second kappa shape index (κ2) is 6.63. The van der Waals surface area contributed by atoms with E-state index in [1.165, 1.54) is 6.20 Å². The highest BCUT2D eigenvalue weighted by Crippen LogP contribution is 2.36. The number of nitro benzene ring substituents is 1. The number of nitrogens with zero attached hydrogens (tertiary/aromatic N) is 2. The Labute approximate surface area is 146 Å². The van der Waals surface area contributed by atoms with Crippen LogP contribution in [0.2, 0.25) is 0 Å². The lowest BCUT2D eigenvalue weighted by Gasteiger charge is -2.05. The van der Waals surface area contributed by atoms with Crippen LogP contribution < -0.4 is 0 Å². The molecule has 2 aromatic carbocycles. The average Bonchev–Trinajstić information content (AvgIpc) is 2.55.